The Bertz CT molecular complexity index is 859. The number of halogens is 3. The minimum atomic E-state index is -0.245. The van der Waals surface area contributed by atoms with Gasteiger partial charge in [0.25, 0.3) is 5.91 Å². The van der Waals surface area contributed by atoms with Gasteiger partial charge in [0.1, 0.15) is 0 Å². The van der Waals surface area contributed by atoms with Crippen LogP contribution in [-0.4, -0.2) is 43.9 Å². The summed E-state index contributed by atoms with van der Waals surface area (Å²) in [5.74, 6) is -0.245. The number of hydrogen-bond donors (Lipinski definition) is 1. The van der Waals surface area contributed by atoms with Gasteiger partial charge in [-0.1, -0.05) is 35.0 Å². The summed E-state index contributed by atoms with van der Waals surface area (Å²) < 4.78 is 1.53. The van der Waals surface area contributed by atoms with Crippen LogP contribution in [0, 0.1) is 0 Å². The van der Waals surface area contributed by atoms with Crippen LogP contribution in [0.4, 0.5) is 0 Å². The van der Waals surface area contributed by atoms with Crippen molar-refractivity contribution in [3.8, 4) is 5.69 Å². The van der Waals surface area contributed by atoms with Crippen molar-refractivity contribution in [2.75, 3.05) is 13.1 Å². The number of hydrogen-bond acceptors (Lipinski definition) is 5. The van der Waals surface area contributed by atoms with Gasteiger partial charge in [0.15, 0.2) is 5.69 Å². The molecular formula is C17H19Cl3N6O. The molecule has 2 N–H and O–H groups in total. The van der Waals surface area contributed by atoms with E-state index in [1.165, 1.54) is 4.68 Å². The molecule has 7 nitrogen and oxygen atoms in total. The Hall–Kier alpha value is -2.19. The smallest absolute Gasteiger partial charge is 0.276 e. The third-order valence-electron chi connectivity index (χ3n) is 3.65. The summed E-state index contributed by atoms with van der Waals surface area (Å²) in [6.07, 6.45) is 4.89. The number of carbonyl (C=O) groups is 1. The third kappa shape index (κ3) is 5.64. The average molecular weight is 430 g/mol. The van der Waals surface area contributed by atoms with Crippen LogP contribution in [0.3, 0.4) is 0 Å². The number of amides is 1. The summed E-state index contributed by atoms with van der Waals surface area (Å²) in [7, 11) is 0. The van der Waals surface area contributed by atoms with Gasteiger partial charge in [0.05, 0.1) is 11.9 Å². The molecule has 1 aromatic carbocycles. The van der Waals surface area contributed by atoms with E-state index in [0.29, 0.717) is 24.7 Å². The summed E-state index contributed by atoms with van der Waals surface area (Å²) in [5, 5.41) is 8.60. The van der Waals surface area contributed by atoms with Gasteiger partial charge in [-0.05, 0) is 23.8 Å². The van der Waals surface area contributed by atoms with E-state index in [-0.39, 0.29) is 36.4 Å². The molecule has 1 amide bonds. The normalized spacial score (nSPS) is 9.85. The van der Waals surface area contributed by atoms with Crippen molar-refractivity contribution in [1.82, 2.24) is 24.9 Å². The maximum atomic E-state index is 12.8. The van der Waals surface area contributed by atoms with Crippen molar-refractivity contribution in [2.45, 2.75) is 6.54 Å². The van der Waals surface area contributed by atoms with Crippen LogP contribution in [-0.2, 0) is 6.54 Å². The first-order valence-corrected chi connectivity index (χ1v) is 8.12. The summed E-state index contributed by atoms with van der Waals surface area (Å²) in [6, 6.07) is 11.0. The highest BCUT2D eigenvalue weighted by Crippen LogP contribution is 2.18. The van der Waals surface area contributed by atoms with Crippen LogP contribution in [0.25, 0.3) is 5.69 Å². The zero-order chi connectivity index (χ0) is 17.6. The maximum absolute atomic E-state index is 12.8. The molecule has 0 unspecified atom stereocenters. The molecule has 3 aromatic rings. The average Bonchev–Trinajstić information content (AvgIpc) is 3.13. The Labute approximate surface area is 174 Å². The second-order valence-corrected chi connectivity index (χ2v) is 5.77. The lowest BCUT2D eigenvalue weighted by Gasteiger charge is -2.21. The lowest BCUT2D eigenvalue weighted by atomic mass is 10.2. The number of benzene rings is 1. The molecule has 0 fully saturated rings. The van der Waals surface area contributed by atoms with Crippen molar-refractivity contribution >= 4 is 42.3 Å². The molecule has 144 valence electrons. The molecule has 27 heavy (non-hydrogen) atoms. The van der Waals surface area contributed by atoms with Crippen molar-refractivity contribution in [3.05, 3.63) is 71.3 Å². The minimum Gasteiger partial charge on any atom is -0.332 e. The molecule has 0 radical (unpaired) electrons. The molecule has 2 heterocycles. The molecule has 0 saturated heterocycles. The number of pyridine rings is 1. The van der Waals surface area contributed by atoms with Gasteiger partial charge in [0.2, 0.25) is 0 Å². The lowest BCUT2D eigenvalue weighted by Crippen LogP contribution is -2.35. The summed E-state index contributed by atoms with van der Waals surface area (Å²) in [4.78, 5) is 18.4. The number of rotatable bonds is 6. The highest BCUT2D eigenvalue weighted by Gasteiger charge is 2.20. The number of aromatic nitrogens is 4. The predicted molar refractivity (Wildman–Crippen MR) is 109 cm³/mol. The molecule has 3 rings (SSSR count). The Morgan fingerprint density at radius 2 is 1.85 bits per heavy atom. The highest BCUT2D eigenvalue weighted by molar-refractivity contribution is 6.31. The van der Waals surface area contributed by atoms with Crippen LogP contribution >= 0.6 is 36.4 Å². The molecule has 0 aliphatic carbocycles. The zero-order valence-corrected chi connectivity index (χ0v) is 16.6. The molecule has 0 saturated carbocycles. The molecule has 0 spiro atoms. The van der Waals surface area contributed by atoms with Gasteiger partial charge in [-0.2, -0.15) is 0 Å². The van der Waals surface area contributed by atoms with Crippen molar-refractivity contribution in [1.29, 1.82) is 0 Å². The monoisotopic (exact) mass is 428 g/mol. The molecule has 0 atom stereocenters. The third-order valence-corrected chi connectivity index (χ3v) is 4.01. The molecule has 2 aromatic heterocycles. The quantitative estimate of drug-likeness (QED) is 0.651. The lowest BCUT2D eigenvalue weighted by molar-refractivity contribution is 0.0742. The van der Waals surface area contributed by atoms with Crippen LogP contribution in [0.15, 0.2) is 55.0 Å². The predicted octanol–water partition coefficient (Wildman–Crippen LogP) is 2.76. The molecule has 0 bridgehead atoms. The summed E-state index contributed by atoms with van der Waals surface area (Å²) in [5.41, 5.74) is 7.54. The maximum Gasteiger partial charge on any atom is 0.276 e. The Balaban J connectivity index is 0.00000182. The van der Waals surface area contributed by atoms with Gasteiger partial charge >= 0.3 is 0 Å². The van der Waals surface area contributed by atoms with E-state index < -0.39 is 0 Å². The fraction of sp³-hybridized carbons (Fsp3) is 0.176. The first kappa shape index (κ1) is 22.9. The SMILES string of the molecule is Cl.Cl.NCCN(Cc1ccccc1Cl)C(=O)c1cn(-c2ccncc2)nn1. The topological polar surface area (TPSA) is 89.9 Å². The van der Waals surface area contributed by atoms with E-state index in [2.05, 4.69) is 15.3 Å². The van der Waals surface area contributed by atoms with Gasteiger partial charge in [-0.15, -0.1) is 29.9 Å². The van der Waals surface area contributed by atoms with E-state index >= 15 is 0 Å². The van der Waals surface area contributed by atoms with E-state index in [1.807, 2.05) is 18.2 Å². The van der Waals surface area contributed by atoms with Crippen LogP contribution < -0.4 is 5.73 Å². The summed E-state index contributed by atoms with van der Waals surface area (Å²) >= 11 is 6.20. The molecule has 0 aliphatic rings. The van der Waals surface area contributed by atoms with Gasteiger partial charge in [-0.25, -0.2) is 4.68 Å². The number of nitrogens with two attached hydrogens (primary N) is 1. The van der Waals surface area contributed by atoms with Gasteiger partial charge < -0.3 is 10.6 Å². The fourth-order valence-corrected chi connectivity index (χ4v) is 2.58. The standard InChI is InChI=1S/C17H17ClN6O.2ClH/c18-15-4-2-1-3-13(15)11-23(10-7-19)17(25)16-12-24(22-21-16)14-5-8-20-9-6-14;;/h1-6,8-9,12H,7,10-11,19H2;2*1H. The largest absolute Gasteiger partial charge is 0.332 e. The van der Waals surface area contributed by atoms with Gasteiger partial charge in [-0.3, -0.25) is 9.78 Å². The van der Waals surface area contributed by atoms with Crippen LogP contribution in [0.5, 0.6) is 0 Å². The first-order chi connectivity index (χ1) is 12.2. The van der Waals surface area contributed by atoms with Gasteiger partial charge in [0, 0.05) is 37.1 Å². The Morgan fingerprint density at radius 3 is 2.52 bits per heavy atom. The molecule has 0 aliphatic heterocycles. The number of nitrogens with zero attached hydrogens (tertiary/aromatic N) is 5. The van der Waals surface area contributed by atoms with E-state index in [0.717, 1.165) is 11.3 Å². The Morgan fingerprint density at radius 1 is 1.15 bits per heavy atom. The fourth-order valence-electron chi connectivity index (χ4n) is 2.39. The zero-order valence-electron chi connectivity index (χ0n) is 14.2. The second-order valence-electron chi connectivity index (χ2n) is 5.36. The van der Waals surface area contributed by atoms with Crippen molar-refractivity contribution in [2.24, 2.45) is 5.73 Å². The molecular weight excluding hydrogens is 411 g/mol. The van der Waals surface area contributed by atoms with Crippen molar-refractivity contribution < 1.29 is 4.79 Å². The van der Waals surface area contributed by atoms with Crippen LogP contribution in [0.2, 0.25) is 5.02 Å². The number of carbonyl (C=O) groups excluding carboxylic acids is 1. The van der Waals surface area contributed by atoms with E-state index in [4.69, 9.17) is 17.3 Å². The minimum absolute atomic E-state index is 0. The van der Waals surface area contributed by atoms with Crippen molar-refractivity contribution in [3.63, 3.8) is 0 Å². The second kappa shape index (κ2) is 10.8. The molecule has 10 heteroatoms. The van der Waals surface area contributed by atoms with E-state index in [1.54, 1.807) is 41.7 Å². The Kier molecular flexibility index (Phi) is 9.17. The first-order valence-electron chi connectivity index (χ1n) is 7.74. The van der Waals surface area contributed by atoms with E-state index in [9.17, 15) is 4.79 Å². The highest BCUT2D eigenvalue weighted by atomic mass is 35.5. The summed E-state index contributed by atoms with van der Waals surface area (Å²) in [6.45, 7) is 1.10. The van der Waals surface area contributed by atoms with Crippen LogP contribution in [0.1, 0.15) is 16.1 Å².